The average molecular weight is 279 g/mol. The molecule has 0 aliphatic carbocycles. The lowest BCUT2D eigenvalue weighted by molar-refractivity contribution is -0.141. The highest BCUT2D eigenvalue weighted by molar-refractivity contribution is 5.03. The Kier molecular flexibility index (Phi) is 6.30. The third kappa shape index (κ3) is 5.61. The zero-order valence-electron chi connectivity index (χ0n) is 11.2. The van der Waals surface area contributed by atoms with Gasteiger partial charge >= 0.3 is 6.18 Å². The standard InChI is InChI=1S/C12H20F3N3O/c1-3-19-8-4-6-16-9-10(2)18-7-5-11(17-18)12(13,14)15/h5,7,10,16H,3-4,6,8-9H2,1-2H3. The normalized spacial score (nSPS) is 13.7. The Morgan fingerprint density at radius 2 is 2.21 bits per heavy atom. The molecule has 0 saturated carbocycles. The summed E-state index contributed by atoms with van der Waals surface area (Å²) >= 11 is 0. The lowest BCUT2D eigenvalue weighted by atomic mass is 10.3. The number of halogens is 3. The lowest BCUT2D eigenvalue weighted by Crippen LogP contribution is -2.25. The van der Waals surface area contributed by atoms with Crippen LogP contribution in [0, 0.1) is 0 Å². The summed E-state index contributed by atoms with van der Waals surface area (Å²) in [6, 6.07) is 0.870. The van der Waals surface area contributed by atoms with E-state index in [1.165, 1.54) is 10.9 Å². The number of hydrogen-bond donors (Lipinski definition) is 1. The molecule has 0 fully saturated rings. The molecular weight excluding hydrogens is 259 g/mol. The molecule has 0 saturated heterocycles. The quantitative estimate of drug-likeness (QED) is 0.743. The maximum absolute atomic E-state index is 12.4. The fourth-order valence-electron chi connectivity index (χ4n) is 1.58. The molecule has 1 heterocycles. The van der Waals surface area contributed by atoms with E-state index >= 15 is 0 Å². The summed E-state index contributed by atoms with van der Waals surface area (Å²) in [7, 11) is 0. The maximum Gasteiger partial charge on any atom is 0.435 e. The smallest absolute Gasteiger partial charge is 0.382 e. The molecule has 4 nitrogen and oxygen atoms in total. The third-order valence-corrected chi connectivity index (χ3v) is 2.64. The molecule has 1 atom stereocenters. The topological polar surface area (TPSA) is 39.1 Å². The van der Waals surface area contributed by atoms with Crippen LogP contribution in [0.25, 0.3) is 0 Å². The summed E-state index contributed by atoms with van der Waals surface area (Å²) in [6.45, 7) is 6.50. The van der Waals surface area contributed by atoms with Crippen molar-refractivity contribution >= 4 is 0 Å². The van der Waals surface area contributed by atoms with E-state index in [9.17, 15) is 13.2 Å². The van der Waals surface area contributed by atoms with Gasteiger partial charge in [0.25, 0.3) is 0 Å². The van der Waals surface area contributed by atoms with E-state index in [-0.39, 0.29) is 6.04 Å². The maximum atomic E-state index is 12.4. The van der Waals surface area contributed by atoms with Crippen LogP contribution in [0.3, 0.4) is 0 Å². The van der Waals surface area contributed by atoms with Gasteiger partial charge in [-0.05, 0) is 32.9 Å². The number of hydrogen-bond acceptors (Lipinski definition) is 3. The van der Waals surface area contributed by atoms with Gasteiger partial charge in [-0.15, -0.1) is 0 Å². The number of nitrogens with one attached hydrogen (secondary N) is 1. The van der Waals surface area contributed by atoms with Crippen molar-refractivity contribution in [2.75, 3.05) is 26.3 Å². The first-order valence-electron chi connectivity index (χ1n) is 6.36. The summed E-state index contributed by atoms with van der Waals surface area (Å²) in [6.07, 6.45) is -2.14. The van der Waals surface area contributed by atoms with Crippen LogP contribution in [0.2, 0.25) is 0 Å². The van der Waals surface area contributed by atoms with E-state index in [0.29, 0.717) is 19.8 Å². The van der Waals surface area contributed by atoms with E-state index in [2.05, 4.69) is 10.4 Å². The Balaban J connectivity index is 2.29. The van der Waals surface area contributed by atoms with Crippen molar-refractivity contribution in [2.45, 2.75) is 32.5 Å². The zero-order chi connectivity index (χ0) is 14.3. The minimum atomic E-state index is -4.38. The van der Waals surface area contributed by atoms with Crippen molar-refractivity contribution in [3.05, 3.63) is 18.0 Å². The molecule has 0 aliphatic heterocycles. The number of rotatable bonds is 8. The summed E-state index contributed by atoms with van der Waals surface area (Å²) in [5, 5.41) is 6.71. The highest BCUT2D eigenvalue weighted by atomic mass is 19.4. The molecule has 0 bridgehead atoms. The molecule has 1 unspecified atom stereocenters. The van der Waals surface area contributed by atoms with Crippen LogP contribution in [0.15, 0.2) is 12.3 Å². The Morgan fingerprint density at radius 1 is 1.47 bits per heavy atom. The second-order valence-electron chi connectivity index (χ2n) is 4.28. The molecule has 0 spiro atoms. The highest BCUT2D eigenvalue weighted by Crippen LogP contribution is 2.27. The van der Waals surface area contributed by atoms with Gasteiger partial charge in [-0.3, -0.25) is 4.68 Å². The van der Waals surface area contributed by atoms with Crippen molar-refractivity contribution in [1.29, 1.82) is 0 Å². The molecule has 0 radical (unpaired) electrons. The van der Waals surface area contributed by atoms with Gasteiger partial charge in [-0.1, -0.05) is 0 Å². The number of nitrogens with zero attached hydrogens (tertiary/aromatic N) is 2. The van der Waals surface area contributed by atoms with Gasteiger partial charge in [-0.25, -0.2) is 0 Å². The van der Waals surface area contributed by atoms with Gasteiger partial charge in [0.2, 0.25) is 0 Å². The molecule has 1 rings (SSSR count). The van der Waals surface area contributed by atoms with Crippen LogP contribution in [0.1, 0.15) is 32.0 Å². The Labute approximate surface area is 110 Å². The van der Waals surface area contributed by atoms with Crippen molar-refractivity contribution < 1.29 is 17.9 Å². The van der Waals surface area contributed by atoms with E-state index in [4.69, 9.17) is 4.74 Å². The van der Waals surface area contributed by atoms with Gasteiger partial charge in [0, 0.05) is 26.0 Å². The van der Waals surface area contributed by atoms with E-state index in [1.807, 2.05) is 13.8 Å². The minimum Gasteiger partial charge on any atom is -0.382 e. The molecular formula is C12H20F3N3O. The van der Waals surface area contributed by atoms with Gasteiger partial charge < -0.3 is 10.1 Å². The van der Waals surface area contributed by atoms with Crippen LogP contribution in [-0.2, 0) is 10.9 Å². The fraction of sp³-hybridized carbons (Fsp3) is 0.750. The zero-order valence-corrected chi connectivity index (χ0v) is 11.2. The average Bonchev–Trinajstić information content (AvgIpc) is 2.82. The first kappa shape index (κ1) is 16.0. The van der Waals surface area contributed by atoms with Gasteiger partial charge in [0.1, 0.15) is 0 Å². The van der Waals surface area contributed by atoms with Crippen LogP contribution in [-0.4, -0.2) is 36.1 Å². The highest BCUT2D eigenvalue weighted by Gasteiger charge is 2.33. The number of alkyl halides is 3. The van der Waals surface area contributed by atoms with Crippen LogP contribution in [0.4, 0.5) is 13.2 Å². The second kappa shape index (κ2) is 7.49. The molecule has 1 aromatic heterocycles. The van der Waals surface area contributed by atoms with Crippen LogP contribution >= 0.6 is 0 Å². The fourth-order valence-corrected chi connectivity index (χ4v) is 1.58. The van der Waals surface area contributed by atoms with Crippen molar-refractivity contribution in [3.63, 3.8) is 0 Å². The largest absolute Gasteiger partial charge is 0.435 e. The monoisotopic (exact) mass is 279 g/mol. The summed E-state index contributed by atoms with van der Waals surface area (Å²) < 4.78 is 43.7. The van der Waals surface area contributed by atoms with Crippen LogP contribution < -0.4 is 5.32 Å². The Bertz CT molecular complexity index is 365. The molecule has 1 aromatic rings. The molecule has 0 aliphatic rings. The molecule has 0 aromatic carbocycles. The Hall–Kier alpha value is -1.08. The van der Waals surface area contributed by atoms with E-state index in [1.54, 1.807) is 0 Å². The first-order valence-corrected chi connectivity index (χ1v) is 6.36. The summed E-state index contributed by atoms with van der Waals surface area (Å²) in [5.41, 5.74) is -0.851. The first-order chi connectivity index (χ1) is 8.95. The lowest BCUT2D eigenvalue weighted by Gasteiger charge is -2.13. The van der Waals surface area contributed by atoms with Crippen molar-refractivity contribution in [1.82, 2.24) is 15.1 Å². The van der Waals surface area contributed by atoms with Crippen LogP contribution in [0.5, 0.6) is 0 Å². The van der Waals surface area contributed by atoms with Crippen molar-refractivity contribution in [3.8, 4) is 0 Å². The van der Waals surface area contributed by atoms with Gasteiger partial charge in [0.05, 0.1) is 6.04 Å². The predicted molar refractivity (Wildman–Crippen MR) is 65.9 cm³/mol. The summed E-state index contributed by atoms with van der Waals surface area (Å²) in [5.74, 6) is 0. The number of aromatic nitrogens is 2. The SMILES string of the molecule is CCOCCCNCC(C)n1ccc(C(F)(F)F)n1. The van der Waals surface area contributed by atoms with Crippen molar-refractivity contribution in [2.24, 2.45) is 0 Å². The minimum absolute atomic E-state index is 0.122. The van der Waals surface area contributed by atoms with Gasteiger partial charge in [0.15, 0.2) is 5.69 Å². The molecule has 0 amide bonds. The molecule has 19 heavy (non-hydrogen) atoms. The predicted octanol–water partition coefficient (Wildman–Crippen LogP) is 2.48. The molecule has 7 heteroatoms. The van der Waals surface area contributed by atoms with E-state index < -0.39 is 11.9 Å². The summed E-state index contributed by atoms with van der Waals surface area (Å²) in [4.78, 5) is 0. The number of ether oxygens (including phenoxy) is 1. The van der Waals surface area contributed by atoms with Gasteiger partial charge in [-0.2, -0.15) is 18.3 Å². The molecule has 1 N–H and O–H groups in total. The third-order valence-electron chi connectivity index (χ3n) is 2.64. The Morgan fingerprint density at radius 3 is 2.79 bits per heavy atom. The second-order valence-corrected chi connectivity index (χ2v) is 4.28. The molecule has 110 valence electrons. The van der Waals surface area contributed by atoms with E-state index in [0.717, 1.165) is 19.0 Å².